The number of amides is 1. The summed E-state index contributed by atoms with van der Waals surface area (Å²) in [5.41, 5.74) is 0.877. The van der Waals surface area contributed by atoms with Gasteiger partial charge in [0.05, 0.1) is 25.0 Å². The molecule has 1 amide bonds. The topological polar surface area (TPSA) is 124 Å². The summed E-state index contributed by atoms with van der Waals surface area (Å²) in [6, 6.07) is 5.59. The average molecular weight is 508 g/mol. The van der Waals surface area contributed by atoms with E-state index in [9.17, 15) is 9.59 Å². The summed E-state index contributed by atoms with van der Waals surface area (Å²) in [5.74, 6) is 1.69. The standard InChI is InChI=1S/C26H33N7O4/c1-26(36-3)8-4-6-15(11-26)29-24(34)16-12-28-33-21(27-2)10-20(31-23(16)33)30-19-7-5-9-32(25(19)35)22-17-13-37-14-18(17)22/h5,7,9-10,12,15,17-18,22,27H,4,6,8,11,13-14H2,1-3H3,(H,29,34)(H,30,31)/t15-,17-,18+,22?,26-/m1/s1. The Hall–Kier alpha value is -3.44. The van der Waals surface area contributed by atoms with E-state index in [1.165, 1.54) is 6.20 Å². The quantitative estimate of drug-likeness (QED) is 0.446. The van der Waals surface area contributed by atoms with Crippen molar-refractivity contribution in [3.05, 3.63) is 46.5 Å². The molecule has 0 radical (unpaired) electrons. The molecule has 0 aromatic carbocycles. The molecule has 3 N–H and O–H groups in total. The van der Waals surface area contributed by atoms with Gasteiger partial charge in [0.2, 0.25) is 0 Å². The molecule has 2 aliphatic carbocycles. The number of methoxy groups -OCH3 is 1. The first-order valence-electron chi connectivity index (χ1n) is 12.9. The number of rotatable bonds is 7. The Morgan fingerprint density at radius 2 is 2.11 bits per heavy atom. The largest absolute Gasteiger partial charge is 0.381 e. The first-order valence-corrected chi connectivity index (χ1v) is 12.9. The van der Waals surface area contributed by atoms with E-state index in [1.807, 2.05) is 12.3 Å². The van der Waals surface area contributed by atoms with Crippen molar-refractivity contribution in [2.75, 3.05) is 38.0 Å². The first-order chi connectivity index (χ1) is 17.9. The molecule has 1 aliphatic heterocycles. The van der Waals surface area contributed by atoms with Gasteiger partial charge in [0, 0.05) is 50.3 Å². The molecule has 1 unspecified atom stereocenters. The monoisotopic (exact) mass is 507 g/mol. The summed E-state index contributed by atoms with van der Waals surface area (Å²) in [6.45, 7) is 3.50. The summed E-state index contributed by atoms with van der Waals surface area (Å²) >= 11 is 0. The Labute approximate surface area is 214 Å². The third kappa shape index (κ3) is 4.25. The SMILES string of the molecule is CNc1cc(Nc2cccn(C3[C@H]4COC[C@@H]34)c2=O)nc2c(C(=O)N[C@@H]3CCC[C@@](C)(OC)C3)cnn12. The van der Waals surface area contributed by atoms with Gasteiger partial charge in [-0.3, -0.25) is 9.59 Å². The molecule has 2 saturated carbocycles. The Morgan fingerprint density at radius 3 is 2.86 bits per heavy atom. The van der Waals surface area contributed by atoms with Gasteiger partial charge in [-0.05, 0) is 44.7 Å². The fraction of sp³-hybridized carbons (Fsp3) is 0.538. The van der Waals surface area contributed by atoms with E-state index >= 15 is 0 Å². The van der Waals surface area contributed by atoms with Gasteiger partial charge >= 0.3 is 0 Å². The number of pyridine rings is 1. The molecule has 3 aromatic rings. The second-order valence-electron chi connectivity index (χ2n) is 10.6. The van der Waals surface area contributed by atoms with Crippen LogP contribution in [-0.2, 0) is 9.47 Å². The van der Waals surface area contributed by atoms with Crippen molar-refractivity contribution in [2.24, 2.45) is 11.8 Å². The van der Waals surface area contributed by atoms with E-state index in [4.69, 9.17) is 9.47 Å². The summed E-state index contributed by atoms with van der Waals surface area (Å²) < 4.78 is 14.6. The molecule has 0 bridgehead atoms. The highest BCUT2D eigenvalue weighted by Crippen LogP contribution is 2.53. The number of anilines is 3. The van der Waals surface area contributed by atoms with Gasteiger partial charge in [0.25, 0.3) is 11.5 Å². The normalized spacial score (nSPS) is 28.6. The summed E-state index contributed by atoms with van der Waals surface area (Å²) in [4.78, 5) is 31.2. The zero-order chi connectivity index (χ0) is 25.7. The predicted octanol–water partition coefficient (Wildman–Crippen LogP) is 2.57. The molecule has 5 atom stereocenters. The van der Waals surface area contributed by atoms with Crippen LogP contribution in [0.15, 0.2) is 35.4 Å². The van der Waals surface area contributed by atoms with Crippen LogP contribution >= 0.6 is 0 Å². The van der Waals surface area contributed by atoms with Crippen molar-refractivity contribution in [1.29, 1.82) is 0 Å². The molecule has 37 heavy (non-hydrogen) atoms. The van der Waals surface area contributed by atoms with Gasteiger partial charge in [-0.25, -0.2) is 4.98 Å². The fourth-order valence-corrected chi connectivity index (χ4v) is 5.98. The lowest BCUT2D eigenvalue weighted by atomic mass is 9.83. The highest BCUT2D eigenvalue weighted by molar-refractivity contribution is 6.00. The Balaban J connectivity index is 1.27. The van der Waals surface area contributed by atoms with Gasteiger partial charge < -0.3 is 30.0 Å². The van der Waals surface area contributed by atoms with E-state index in [0.29, 0.717) is 53.6 Å². The van der Waals surface area contributed by atoms with Crippen molar-refractivity contribution < 1.29 is 14.3 Å². The second kappa shape index (κ2) is 9.14. The molecule has 0 spiro atoms. The zero-order valence-electron chi connectivity index (χ0n) is 21.4. The summed E-state index contributed by atoms with van der Waals surface area (Å²) in [5, 5.41) is 13.8. The fourth-order valence-electron chi connectivity index (χ4n) is 5.98. The van der Waals surface area contributed by atoms with Crippen LogP contribution in [0.25, 0.3) is 5.65 Å². The number of carbonyl (C=O) groups is 1. The van der Waals surface area contributed by atoms with Crippen LogP contribution in [0.3, 0.4) is 0 Å². The van der Waals surface area contributed by atoms with E-state index in [-0.39, 0.29) is 29.2 Å². The maximum atomic E-state index is 13.3. The molecular formula is C26H33N7O4. The van der Waals surface area contributed by atoms with Gasteiger partial charge in [0.15, 0.2) is 5.65 Å². The highest BCUT2D eigenvalue weighted by atomic mass is 16.5. The molecule has 11 nitrogen and oxygen atoms in total. The molecule has 4 heterocycles. The van der Waals surface area contributed by atoms with Crippen LogP contribution < -0.4 is 21.5 Å². The van der Waals surface area contributed by atoms with Crippen LogP contribution in [0.1, 0.15) is 49.0 Å². The van der Waals surface area contributed by atoms with E-state index in [2.05, 4.69) is 33.0 Å². The molecule has 11 heteroatoms. The van der Waals surface area contributed by atoms with Crippen LogP contribution in [-0.4, -0.2) is 64.1 Å². The Kier molecular flexibility index (Phi) is 5.91. The molecule has 3 fully saturated rings. The number of hydrogen-bond donors (Lipinski definition) is 3. The van der Waals surface area contributed by atoms with E-state index < -0.39 is 0 Å². The van der Waals surface area contributed by atoms with E-state index in [1.54, 1.807) is 35.4 Å². The number of hydrogen-bond acceptors (Lipinski definition) is 8. The molecule has 3 aliphatic rings. The lowest BCUT2D eigenvalue weighted by Gasteiger charge is -2.37. The van der Waals surface area contributed by atoms with Gasteiger partial charge in [-0.2, -0.15) is 9.61 Å². The van der Waals surface area contributed by atoms with Crippen molar-refractivity contribution in [3.63, 3.8) is 0 Å². The predicted molar refractivity (Wildman–Crippen MR) is 138 cm³/mol. The molecule has 3 aromatic heterocycles. The Morgan fingerprint density at radius 1 is 1.30 bits per heavy atom. The summed E-state index contributed by atoms with van der Waals surface area (Å²) in [7, 11) is 3.50. The number of carbonyl (C=O) groups excluding carboxylic acids is 1. The van der Waals surface area contributed by atoms with Gasteiger partial charge in [0.1, 0.15) is 22.9 Å². The first kappa shape index (κ1) is 23.9. The van der Waals surface area contributed by atoms with Crippen molar-refractivity contribution in [2.45, 2.75) is 50.3 Å². The lowest BCUT2D eigenvalue weighted by molar-refractivity contribution is -0.0314. The second-order valence-corrected chi connectivity index (χ2v) is 10.6. The number of ether oxygens (including phenoxy) is 2. The number of nitrogens with one attached hydrogen (secondary N) is 3. The van der Waals surface area contributed by atoms with Crippen LogP contribution in [0.4, 0.5) is 17.3 Å². The van der Waals surface area contributed by atoms with Crippen LogP contribution in [0.5, 0.6) is 0 Å². The minimum absolute atomic E-state index is 0.0151. The van der Waals surface area contributed by atoms with Crippen LogP contribution in [0.2, 0.25) is 0 Å². The number of nitrogens with zero attached hydrogens (tertiary/aromatic N) is 4. The molecule has 1 saturated heterocycles. The lowest BCUT2D eigenvalue weighted by Crippen LogP contribution is -2.45. The minimum atomic E-state index is -0.235. The third-order valence-electron chi connectivity index (χ3n) is 8.20. The van der Waals surface area contributed by atoms with Gasteiger partial charge in [-0.1, -0.05) is 0 Å². The maximum absolute atomic E-state index is 13.3. The van der Waals surface area contributed by atoms with Crippen LogP contribution in [0, 0.1) is 11.8 Å². The van der Waals surface area contributed by atoms with Gasteiger partial charge in [-0.15, -0.1) is 0 Å². The minimum Gasteiger partial charge on any atom is -0.381 e. The Bertz CT molecular complexity index is 1390. The molecule has 6 rings (SSSR count). The van der Waals surface area contributed by atoms with Crippen molar-refractivity contribution >= 4 is 28.9 Å². The third-order valence-corrected chi connectivity index (χ3v) is 8.20. The average Bonchev–Trinajstić information content (AvgIpc) is 3.21. The smallest absolute Gasteiger partial charge is 0.274 e. The van der Waals surface area contributed by atoms with Crippen molar-refractivity contribution in [3.8, 4) is 0 Å². The highest BCUT2D eigenvalue weighted by Gasteiger charge is 2.55. The van der Waals surface area contributed by atoms with Crippen molar-refractivity contribution in [1.82, 2.24) is 24.5 Å². The number of aromatic nitrogens is 4. The zero-order valence-corrected chi connectivity index (χ0v) is 21.4. The van der Waals surface area contributed by atoms with E-state index in [0.717, 1.165) is 25.7 Å². The molecule has 196 valence electrons. The summed E-state index contributed by atoms with van der Waals surface area (Å²) in [6.07, 6.45) is 7.00. The maximum Gasteiger partial charge on any atom is 0.274 e. The number of fused-ring (bicyclic) bond motifs is 2. The molecular weight excluding hydrogens is 474 g/mol.